The molecule has 0 spiro atoms. The lowest BCUT2D eigenvalue weighted by Crippen LogP contribution is -2.48. The second-order valence-electron chi connectivity index (χ2n) is 5.45. The van der Waals surface area contributed by atoms with Crippen molar-refractivity contribution < 1.29 is 0 Å². The molecule has 0 radical (unpaired) electrons. The molecule has 102 valence electrons. The highest BCUT2D eigenvalue weighted by Gasteiger charge is 2.27. The number of likely N-dealkylation sites (N-methyl/N-ethyl adjacent to an activating group) is 1. The quantitative estimate of drug-likeness (QED) is 0.841. The van der Waals surface area contributed by atoms with Crippen LogP contribution in [0.25, 0.3) is 0 Å². The molecule has 2 unspecified atom stereocenters. The fourth-order valence-electron chi connectivity index (χ4n) is 3.02. The molecule has 0 saturated carbocycles. The summed E-state index contributed by atoms with van der Waals surface area (Å²) in [7, 11) is 0. The molecule has 2 atom stereocenters. The number of aryl methyl sites for hydroxylation is 1. The Morgan fingerprint density at radius 3 is 2.95 bits per heavy atom. The van der Waals surface area contributed by atoms with Crippen LogP contribution in [-0.2, 0) is 0 Å². The zero-order valence-electron chi connectivity index (χ0n) is 11.9. The topological polar surface area (TPSA) is 39.1 Å². The molecule has 0 amide bonds. The number of nitrogens with one attached hydrogen (secondary N) is 1. The van der Waals surface area contributed by atoms with Crippen molar-refractivity contribution in [3.63, 3.8) is 0 Å². The van der Waals surface area contributed by atoms with Gasteiger partial charge in [-0.05, 0) is 31.4 Å². The van der Waals surface area contributed by atoms with E-state index in [4.69, 9.17) is 5.26 Å². The van der Waals surface area contributed by atoms with Crippen LogP contribution in [0.4, 0.5) is 0 Å². The normalized spacial score (nSPS) is 24.1. The van der Waals surface area contributed by atoms with Gasteiger partial charge in [-0.3, -0.25) is 4.90 Å². The monoisotopic (exact) mass is 257 g/mol. The first-order chi connectivity index (χ1) is 9.22. The lowest BCUT2D eigenvalue weighted by molar-refractivity contribution is 0.190. The van der Waals surface area contributed by atoms with Gasteiger partial charge in [-0.25, -0.2) is 0 Å². The molecule has 1 N–H and O–H groups in total. The van der Waals surface area contributed by atoms with Crippen molar-refractivity contribution in [3.05, 3.63) is 35.4 Å². The number of nitrogens with zero attached hydrogens (tertiary/aromatic N) is 2. The molecule has 1 saturated heterocycles. The average Bonchev–Trinajstić information content (AvgIpc) is 2.39. The van der Waals surface area contributed by atoms with Crippen LogP contribution >= 0.6 is 0 Å². The second-order valence-corrected chi connectivity index (χ2v) is 5.45. The van der Waals surface area contributed by atoms with Crippen LogP contribution in [0.2, 0.25) is 0 Å². The highest BCUT2D eigenvalue weighted by atomic mass is 15.2. The number of hydrogen-bond donors (Lipinski definition) is 1. The standard InChI is InChI=1S/C16H23N3/c1-3-18-16-10-15(11-19(12-16)8-7-17)14-6-4-5-13(2)9-14/h4-6,9,15-16,18H,3,8,10-12H2,1-2H3. The van der Waals surface area contributed by atoms with Crippen molar-refractivity contribution in [1.82, 2.24) is 10.2 Å². The number of piperidine rings is 1. The van der Waals surface area contributed by atoms with Crippen LogP contribution in [0.1, 0.15) is 30.4 Å². The van der Waals surface area contributed by atoms with E-state index in [1.54, 1.807) is 0 Å². The molecule has 1 aliphatic rings. The van der Waals surface area contributed by atoms with Crippen LogP contribution in [0.15, 0.2) is 24.3 Å². The number of likely N-dealkylation sites (tertiary alicyclic amines) is 1. The fourth-order valence-corrected chi connectivity index (χ4v) is 3.02. The highest BCUT2D eigenvalue weighted by Crippen LogP contribution is 2.27. The van der Waals surface area contributed by atoms with Crippen LogP contribution in [-0.4, -0.2) is 37.1 Å². The van der Waals surface area contributed by atoms with Crippen LogP contribution in [0.5, 0.6) is 0 Å². The summed E-state index contributed by atoms with van der Waals surface area (Å²) >= 11 is 0. The second kappa shape index (κ2) is 6.70. The molecule has 1 heterocycles. The molecule has 2 rings (SSSR count). The Morgan fingerprint density at radius 1 is 1.42 bits per heavy atom. The smallest absolute Gasteiger partial charge is 0.0866 e. The molecule has 1 aromatic carbocycles. The van der Waals surface area contributed by atoms with Gasteiger partial charge in [-0.2, -0.15) is 5.26 Å². The van der Waals surface area contributed by atoms with Crippen molar-refractivity contribution in [1.29, 1.82) is 5.26 Å². The average molecular weight is 257 g/mol. The van der Waals surface area contributed by atoms with Gasteiger partial charge in [0, 0.05) is 19.1 Å². The van der Waals surface area contributed by atoms with Crippen LogP contribution < -0.4 is 5.32 Å². The van der Waals surface area contributed by atoms with E-state index in [1.165, 1.54) is 17.5 Å². The summed E-state index contributed by atoms with van der Waals surface area (Å²) in [6.07, 6.45) is 1.17. The van der Waals surface area contributed by atoms with Gasteiger partial charge in [-0.1, -0.05) is 36.8 Å². The van der Waals surface area contributed by atoms with Gasteiger partial charge in [0.15, 0.2) is 0 Å². The van der Waals surface area contributed by atoms with E-state index in [9.17, 15) is 0 Å². The van der Waals surface area contributed by atoms with Gasteiger partial charge in [0.05, 0.1) is 12.6 Å². The maximum absolute atomic E-state index is 8.92. The van der Waals surface area contributed by atoms with Gasteiger partial charge in [0.25, 0.3) is 0 Å². The third-order valence-corrected chi connectivity index (χ3v) is 3.83. The Morgan fingerprint density at radius 2 is 2.26 bits per heavy atom. The van der Waals surface area contributed by atoms with E-state index in [-0.39, 0.29) is 0 Å². The lowest BCUT2D eigenvalue weighted by atomic mass is 9.87. The summed E-state index contributed by atoms with van der Waals surface area (Å²) < 4.78 is 0. The molecule has 1 aliphatic heterocycles. The molecule has 1 aromatic rings. The Kier molecular flexibility index (Phi) is 4.95. The zero-order valence-corrected chi connectivity index (χ0v) is 11.9. The van der Waals surface area contributed by atoms with Gasteiger partial charge in [-0.15, -0.1) is 0 Å². The van der Waals surface area contributed by atoms with Gasteiger partial charge in [0.1, 0.15) is 0 Å². The molecular formula is C16H23N3. The first kappa shape index (κ1) is 14.0. The van der Waals surface area contributed by atoms with Gasteiger partial charge in [0.2, 0.25) is 0 Å². The summed E-state index contributed by atoms with van der Waals surface area (Å²) in [5.74, 6) is 0.533. The van der Waals surface area contributed by atoms with E-state index in [0.29, 0.717) is 18.5 Å². The van der Waals surface area contributed by atoms with E-state index in [1.807, 2.05) is 0 Å². The van der Waals surface area contributed by atoms with Crippen molar-refractivity contribution in [2.75, 3.05) is 26.2 Å². The molecule has 1 fully saturated rings. The third-order valence-electron chi connectivity index (χ3n) is 3.83. The summed E-state index contributed by atoms with van der Waals surface area (Å²) in [6.45, 7) is 7.80. The number of nitriles is 1. The minimum absolute atomic E-state index is 0.498. The largest absolute Gasteiger partial charge is 0.313 e. The molecular weight excluding hydrogens is 234 g/mol. The predicted molar refractivity (Wildman–Crippen MR) is 78.1 cm³/mol. The summed E-state index contributed by atoms with van der Waals surface area (Å²) in [5.41, 5.74) is 2.72. The van der Waals surface area contributed by atoms with Gasteiger partial charge >= 0.3 is 0 Å². The molecule has 3 nitrogen and oxygen atoms in total. The fraction of sp³-hybridized carbons (Fsp3) is 0.562. The minimum atomic E-state index is 0.498. The SMILES string of the molecule is CCNC1CC(c2cccc(C)c2)CN(CC#N)C1. The van der Waals surface area contributed by atoms with Crippen molar-refractivity contribution in [2.45, 2.75) is 32.2 Å². The minimum Gasteiger partial charge on any atom is -0.313 e. The van der Waals surface area contributed by atoms with E-state index < -0.39 is 0 Å². The van der Waals surface area contributed by atoms with Crippen molar-refractivity contribution in [2.24, 2.45) is 0 Å². The van der Waals surface area contributed by atoms with E-state index in [0.717, 1.165) is 19.6 Å². The van der Waals surface area contributed by atoms with E-state index >= 15 is 0 Å². The first-order valence-corrected chi connectivity index (χ1v) is 7.12. The van der Waals surface area contributed by atoms with E-state index in [2.05, 4.69) is 54.4 Å². The molecule has 3 heteroatoms. The summed E-state index contributed by atoms with van der Waals surface area (Å²) in [4.78, 5) is 2.27. The molecule has 19 heavy (non-hydrogen) atoms. The zero-order chi connectivity index (χ0) is 13.7. The van der Waals surface area contributed by atoms with Crippen LogP contribution in [0, 0.1) is 18.3 Å². The highest BCUT2D eigenvalue weighted by molar-refractivity contribution is 5.26. The molecule has 0 bridgehead atoms. The lowest BCUT2D eigenvalue weighted by Gasteiger charge is -2.37. The van der Waals surface area contributed by atoms with Crippen LogP contribution in [0.3, 0.4) is 0 Å². The van der Waals surface area contributed by atoms with Crippen molar-refractivity contribution >= 4 is 0 Å². The predicted octanol–water partition coefficient (Wildman–Crippen LogP) is 2.29. The maximum Gasteiger partial charge on any atom is 0.0866 e. The van der Waals surface area contributed by atoms with Gasteiger partial charge < -0.3 is 5.32 Å². The maximum atomic E-state index is 8.92. The molecule has 0 aromatic heterocycles. The Labute approximate surface area is 116 Å². The third kappa shape index (κ3) is 3.79. The Bertz CT molecular complexity index is 450. The Balaban J connectivity index is 2.12. The number of benzene rings is 1. The first-order valence-electron chi connectivity index (χ1n) is 7.12. The Hall–Kier alpha value is -1.37. The number of rotatable bonds is 4. The molecule has 0 aliphatic carbocycles. The number of hydrogen-bond acceptors (Lipinski definition) is 3. The van der Waals surface area contributed by atoms with Crippen molar-refractivity contribution in [3.8, 4) is 6.07 Å². The summed E-state index contributed by atoms with van der Waals surface area (Å²) in [6, 6.07) is 11.6. The summed E-state index contributed by atoms with van der Waals surface area (Å²) in [5, 5.41) is 12.5.